The molecule has 0 fully saturated rings. The van der Waals surface area contributed by atoms with Crippen LogP contribution >= 0.6 is 23.2 Å². The lowest BCUT2D eigenvalue weighted by Gasteiger charge is -2.08. The van der Waals surface area contributed by atoms with Gasteiger partial charge >= 0.3 is 0 Å². The number of rotatable bonds is 3. The molecule has 0 saturated heterocycles. The molecule has 0 atom stereocenters. The van der Waals surface area contributed by atoms with Crippen LogP contribution in [0.25, 0.3) is 10.9 Å². The first-order chi connectivity index (χ1) is 8.11. The largest absolute Gasteiger partial charge is 0.330 e. The predicted molar refractivity (Wildman–Crippen MR) is 73.9 cm³/mol. The van der Waals surface area contributed by atoms with Crippen molar-refractivity contribution in [2.75, 3.05) is 6.54 Å². The third-order valence-electron chi connectivity index (χ3n) is 2.78. The van der Waals surface area contributed by atoms with Crippen molar-refractivity contribution in [3.05, 3.63) is 39.5 Å². The van der Waals surface area contributed by atoms with Gasteiger partial charge in [0.2, 0.25) is 0 Å². The van der Waals surface area contributed by atoms with E-state index in [1.165, 1.54) is 5.56 Å². The minimum atomic E-state index is 0.598. The van der Waals surface area contributed by atoms with Gasteiger partial charge in [-0.15, -0.1) is 0 Å². The number of halogens is 2. The molecule has 0 aliphatic heterocycles. The Morgan fingerprint density at radius 1 is 1.24 bits per heavy atom. The molecule has 90 valence electrons. The van der Waals surface area contributed by atoms with E-state index in [0.717, 1.165) is 29.4 Å². The van der Waals surface area contributed by atoms with E-state index < -0.39 is 0 Å². The Labute approximate surface area is 111 Å². The molecule has 1 heterocycles. The van der Waals surface area contributed by atoms with E-state index >= 15 is 0 Å². The average molecular weight is 269 g/mol. The van der Waals surface area contributed by atoms with E-state index in [2.05, 4.69) is 11.1 Å². The van der Waals surface area contributed by atoms with Gasteiger partial charge in [-0.25, -0.2) is 0 Å². The molecule has 0 bridgehead atoms. The van der Waals surface area contributed by atoms with E-state index in [4.69, 9.17) is 28.9 Å². The molecule has 1 aromatic heterocycles. The Kier molecular flexibility index (Phi) is 3.87. The molecule has 4 heteroatoms. The van der Waals surface area contributed by atoms with Crippen molar-refractivity contribution in [3.63, 3.8) is 0 Å². The molecule has 2 N–H and O–H groups in total. The van der Waals surface area contributed by atoms with Gasteiger partial charge in [0.15, 0.2) is 0 Å². The average Bonchev–Trinajstić information content (AvgIpc) is 2.27. The van der Waals surface area contributed by atoms with Crippen LogP contribution in [-0.2, 0) is 6.42 Å². The number of benzene rings is 1. The van der Waals surface area contributed by atoms with Crippen molar-refractivity contribution < 1.29 is 0 Å². The molecule has 0 spiro atoms. The van der Waals surface area contributed by atoms with Crippen LogP contribution in [0.4, 0.5) is 0 Å². The van der Waals surface area contributed by atoms with Crippen molar-refractivity contribution in [3.8, 4) is 0 Å². The van der Waals surface area contributed by atoms with Crippen molar-refractivity contribution in [1.29, 1.82) is 0 Å². The summed E-state index contributed by atoms with van der Waals surface area (Å²) in [5.74, 6) is 0. The van der Waals surface area contributed by atoms with E-state index in [1.54, 1.807) is 6.07 Å². The van der Waals surface area contributed by atoms with Crippen molar-refractivity contribution >= 4 is 34.1 Å². The first kappa shape index (κ1) is 12.6. The van der Waals surface area contributed by atoms with E-state index in [0.29, 0.717) is 16.6 Å². The fraction of sp³-hybridized carbons (Fsp3) is 0.308. The summed E-state index contributed by atoms with van der Waals surface area (Å²) in [7, 11) is 0. The summed E-state index contributed by atoms with van der Waals surface area (Å²) in [5, 5.41) is 2.22. The summed E-state index contributed by atoms with van der Waals surface area (Å²) in [5.41, 5.74) is 8.55. The van der Waals surface area contributed by atoms with Gasteiger partial charge in [0.1, 0.15) is 0 Å². The highest BCUT2D eigenvalue weighted by Crippen LogP contribution is 2.28. The summed E-state index contributed by atoms with van der Waals surface area (Å²) < 4.78 is 0. The fourth-order valence-corrected chi connectivity index (χ4v) is 2.44. The topological polar surface area (TPSA) is 38.9 Å². The molecule has 2 nitrogen and oxygen atoms in total. The summed E-state index contributed by atoms with van der Waals surface area (Å²) in [6.07, 6.45) is 1.90. The lowest BCUT2D eigenvalue weighted by Crippen LogP contribution is -2.02. The van der Waals surface area contributed by atoms with Gasteiger partial charge in [-0.2, -0.15) is 0 Å². The number of hydrogen-bond donors (Lipinski definition) is 1. The zero-order chi connectivity index (χ0) is 12.4. The van der Waals surface area contributed by atoms with E-state index in [1.807, 2.05) is 13.0 Å². The van der Waals surface area contributed by atoms with Gasteiger partial charge < -0.3 is 5.73 Å². The quantitative estimate of drug-likeness (QED) is 0.921. The minimum Gasteiger partial charge on any atom is -0.330 e. The van der Waals surface area contributed by atoms with Crippen LogP contribution in [0.5, 0.6) is 0 Å². The highest BCUT2D eigenvalue weighted by Gasteiger charge is 2.07. The van der Waals surface area contributed by atoms with Gasteiger partial charge in [-0.3, -0.25) is 4.98 Å². The molecule has 1 aromatic carbocycles. The third-order valence-corrected chi connectivity index (χ3v) is 3.29. The standard InChI is InChI=1S/C13H14Cl2N2/c1-8-9(3-2-4-16)5-10-6-11(14)7-12(15)13(10)17-8/h5-7H,2-4,16H2,1H3. The molecule has 2 rings (SSSR count). The number of pyridine rings is 1. The normalized spacial score (nSPS) is 11.1. The summed E-state index contributed by atoms with van der Waals surface area (Å²) in [6, 6.07) is 5.71. The number of fused-ring (bicyclic) bond motifs is 1. The number of nitrogens with two attached hydrogens (primary N) is 1. The Morgan fingerprint density at radius 3 is 2.71 bits per heavy atom. The van der Waals surface area contributed by atoms with Crippen LogP contribution in [0.15, 0.2) is 18.2 Å². The van der Waals surface area contributed by atoms with Gasteiger partial charge in [0.05, 0.1) is 10.5 Å². The second-order valence-electron chi connectivity index (χ2n) is 4.08. The number of aryl methyl sites for hydroxylation is 2. The highest BCUT2D eigenvalue weighted by atomic mass is 35.5. The Balaban J connectivity index is 2.55. The maximum atomic E-state index is 6.12. The molecule has 0 aliphatic carbocycles. The maximum absolute atomic E-state index is 6.12. The SMILES string of the molecule is Cc1nc2c(Cl)cc(Cl)cc2cc1CCCN. The maximum Gasteiger partial charge on any atom is 0.0892 e. The van der Waals surface area contributed by atoms with Crippen LogP contribution in [0.2, 0.25) is 10.0 Å². The van der Waals surface area contributed by atoms with Crippen molar-refractivity contribution in [1.82, 2.24) is 4.98 Å². The highest BCUT2D eigenvalue weighted by molar-refractivity contribution is 6.38. The summed E-state index contributed by atoms with van der Waals surface area (Å²) in [4.78, 5) is 4.54. The van der Waals surface area contributed by atoms with Crippen LogP contribution in [0.1, 0.15) is 17.7 Å². The van der Waals surface area contributed by atoms with Crippen molar-refractivity contribution in [2.45, 2.75) is 19.8 Å². The monoisotopic (exact) mass is 268 g/mol. The fourth-order valence-electron chi connectivity index (χ4n) is 1.89. The molecule has 0 radical (unpaired) electrons. The van der Waals surface area contributed by atoms with Gasteiger partial charge in [0.25, 0.3) is 0 Å². The first-order valence-electron chi connectivity index (χ1n) is 5.57. The van der Waals surface area contributed by atoms with Crippen LogP contribution in [0, 0.1) is 6.92 Å². The zero-order valence-electron chi connectivity index (χ0n) is 9.63. The van der Waals surface area contributed by atoms with Gasteiger partial charge in [-0.05, 0) is 50.1 Å². The van der Waals surface area contributed by atoms with Crippen LogP contribution in [0.3, 0.4) is 0 Å². The van der Waals surface area contributed by atoms with Gasteiger partial charge in [0, 0.05) is 16.1 Å². The molecular weight excluding hydrogens is 255 g/mol. The first-order valence-corrected chi connectivity index (χ1v) is 6.32. The smallest absolute Gasteiger partial charge is 0.0892 e. The van der Waals surface area contributed by atoms with Gasteiger partial charge in [-0.1, -0.05) is 23.2 Å². The number of nitrogens with zero attached hydrogens (tertiary/aromatic N) is 1. The predicted octanol–water partition coefficient (Wildman–Crippen LogP) is 3.74. The summed E-state index contributed by atoms with van der Waals surface area (Å²) >= 11 is 12.1. The lowest BCUT2D eigenvalue weighted by atomic mass is 10.1. The molecule has 0 aliphatic rings. The molecular formula is C13H14Cl2N2. The number of aromatic nitrogens is 1. The molecule has 0 saturated carbocycles. The lowest BCUT2D eigenvalue weighted by molar-refractivity contribution is 0.824. The van der Waals surface area contributed by atoms with Crippen LogP contribution < -0.4 is 5.73 Å². The second-order valence-corrected chi connectivity index (χ2v) is 4.93. The Morgan fingerprint density at radius 2 is 2.00 bits per heavy atom. The minimum absolute atomic E-state index is 0.598. The molecule has 0 unspecified atom stereocenters. The third kappa shape index (κ3) is 2.71. The summed E-state index contributed by atoms with van der Waals surface area (Å²) in [6.45, 7) is 2.68. The number of hydrogen-bond acceptors (Lipinski definition) is 2. The molecule has 17 heavy (non-hydrogen) atoms. The zero-order valence-corrected chi connectivity index (χ0v) is 11.1. The van der Waals surface area contributed by atoms with E-state index in [-0.39, 0.29) is 0 Å². The van der Waals surface area contributed by atoms with Crippen molar-refractivity contribution in [2.24, 2.45) is 5.73 Å². The Hall–Kier alpha value is -0.830. The van der Waals surface area contributed by atoms with E-state index in [9.17, 15) is 0 Å². The van der Waals surface area contributed by atoms with Crippen LogP contribution in [-0.4, -0.2) is 11.5 Å². The Bertz CT molecular complexity index is 553. The second kappa shape index (κ2) is 5.21. The molecule has 0 amide bonds. The molecule has 2 aromatic rings.